The van der Waals surface area contributed by atoms with E-state index in [1.54, 1.807) is 18.2 Å². The van der Waals surface area contributed by atoms with Gasteiger partial charge in [0.1, 0.15) is 0 Å². The fourth-order valence-corrected chi connectivity index (χ4v) is 1.26. The standard InChI is InChI=1S/C10H10N2O2/c11-8-4-3-6-9-5-1-2-7-10(9)12(13)14/h1-2,5,7H,3-4,6H2. The molecule has 0 amide bonds. The minimum Gasteiger partial charge on any atom is -0.258 e. The highest BCUT2D eigenvalue weighted by molar-refractivity contribution is 5.39. The molecule has 0 N–H and O–H groups in total. The summed E-state index contributed by atoms with van der Waals surface area (Å²) in [5.74, 6) is 0. The van der Waals surface area contributed by atoms with Crippen LogP contribution in [0.1, 0.15) is 18.4 Å². The molecule has 72 valence electrons. The Hall–Kier alpha value is -1.89. The molecule has 0 saturated carbocycles. The Balaban J connectivity index is 2.75. The maximum Gasteiger partial charge on any atom is 0.272 e. The highest BCUT2D eigenvalue weighted by Gasteiger charge is 2.10. The van der Waals surface area contributed by atoms with E-state index < -0.39 is 0 Å². The summed E-state index contributed by atoms with van der Waals surface area (Å²) < 4.78 is 0. The van der Waals surface area contributed by atoms with Crippen LogP contribution < -0.4 is 0 Å². The molecule has 4 heteroatoms. The number of aryl methyl sites for hydroxylation is 1. The zero-order chi connectivity index (χ0) is 10.4. The summed E-state index contributed by atoms with van der Waals surface area (Å²) in [4.78, 5) is 10.2. The van der Waals surface area contributed by atoms with Crippen LogP contribution in [0.5, 0.6) is 0 Å². The van der Waals surface area contributed by atoms with Crippen molar-refractivity contribution in [3.8, 4) is 6.07 Å². The van der Waals surface area contributed by atoms with Gasteiger partial charge in [0.05, 0.1) is 11.0 Å². The first-order valence-corrected chi connectivity index (χ1v) is 4.35. The predicted molar refractivity (Wildman–Crippen MR) is 51.6 cm³/mol. The van der Waals surface area contributed by atoms with Gasteiger partial charge >= 0.3 is 0 Å². The van der Waals surface area contributed by atoms with Crippen LogP contribution in [0.4, 0.5) is 5.69 Å². The smallest absolute Gasteiger partial charge is 0.258 e. The van der Waals surface area contributed by atoms with E-state index >= 15 is 0 Å². The number of benzene rings is 1. The summed E-state index contributed by atoms with van der Waals surface area (Å²) >= 11 is 0. The van der Waals surface area contributed by atoms with Crippen molar-refractivity contribution in [2.75, 3.05) is 0 Å². The van der Waals surface area contributed by atoms with Gasteiger partial charge < -0.3 is 0 Å². The molecule has 1 aromatic rings. The van der Waals surface area contributed by atoms with Gasteiger partial charge in [-0.25, -0.2) is 0 Å². The summed E-state index contributed by atoms with van der Waals surface area (Å²) in [6, 6.07) is 8.65. The molecule has 14 heavy (non-hydrogen) atoms. The van der Waals surface area contributed by atoms with E-state index in [0.29, 0.717) is 24.8 Å². The van der Waals surface area contributed by atoms with Crippen LogP contribution in [0, 0.1) is 21.4 Å². The molecule has 1 aromatic carbocycles. The highest BCUT2D eigenvalue weighted by atomic mass is 16.6. The summed E-state index contributed by atoms with van der Waals surface area (Å²) in [6.45, 7) is 0. The highest BCUT2D eigenvalue weighted by Crippen LogP contribution is 2.19. The second-order valence-electron chi connectivity index (χ2n) is 2.90. The van der Waals surface area contributed by atoms with Crippen molar-refractivity contribution in [3.05, 3.63) is 39.9 Å². The lowest BCUT2D eigenvalue weighted by atomic mass is 10.1. The van der Waals surface area contributed by atoms with Crippen LogP contribution in [0.25, 0.3) is 0 Å². The van der Waals surface area contributed by atoms with Crippen molar-refractivity contribution in [2.24, 2.45) is 0 Å². The molecule has 0 fully saturated rings. The van der Waals surface area contributed by atoms with E-state index in [1.165, 1.54) is 6.07 Å². The maximum atomic E-state index is 10.6. The number of unbranched alkanes of at least 4 members (excludes halogenated alkanes) is 1. The quantitative estimate of drug-likeness (QED) is 0.416. The van der Waals surface area contributed by atoms with Crippen molar-refractivity contribution in [1.29, 1.82) is 5.26 Å². The van der Waals surface area contributed by atoms with Crippen molar-refractivity contribution >= 4 is 5.69 Å². The topological polar surface area (TPSA) is 66.9 Å². The molecular formula is C10H10N2O2. The molecule has 0 aliphatic carbocycles. The van der Waals surface area contributed by atoms with E-state index in [2.05, 4.69) is 0 Å². The third kappa shape index (κ3) is 2.56. The lowest BCUT2D eigenvalue weighted by Crippen LogP contribution is -1.94. The maximum absolute atomic E-state index is 10.6. The first-order valence-electron chi connectivity index (χ1n) is 4.35. The van der Waals surface area contributed by atoms with Crippen LogP contribution in [0.15, 0.2) is 24.3 Å². The van der Waals surface area contributed by atoms with E-state index in [-0.39, 0.29) is 10.6 Å². The minimum absolute atomic E-state index is 0.144. The minimum atomic E-state index is -0.387. The van der Waals surface area contributed by atoms with Crippen molar-refractivity contribution in [2.45, 2.75) is 19.3 Å². The van der Waals surface area contributed by atoms with Crippen LogP contribution >= 0.6 is 0 Å². The Labute approximate surface area is 81.9 Å². The Kier molecular flexibility index (Phi) is 3.62. The van der Waals surface area contributed by atoms with Gasteiger partial charge in [-0.2, -0.15) is 5.26 Å². The Morgan fingerprint density at radius 2 is 2.14 bits per heavy atom. The second kappa shape index (κ2) is 4.97. The van der Waals surface area contributed by atoms with E-state index in [0.717, 1.165) is 0 Å². The van der Waals surface area contributed by atoms with Gasteiger partial charge in [0.15, 0.2) is 0 Å². The average Bonchev–Trinajstić information content (AvgIpc) is 2.19. The van der Waals surface area contributed by atoms with Gasteiger partial charge in [0.2, 0.25) is 0 Å². The molecule has 0 saturated heterocycles. The number of nitrogens with zero attached hydrogens (tertiary/aromatic N) is 2. The molecule has 0 unspecified atom stereocenters. The fraction of sp³-hybridized carbons (Fsp3) is 0.300. The van der Waals surface area contributed by atoms with Gasteiger partial charge in [0.25, 0.3) is 5.69 Å². The third-order valence-electron chi connectivity index (χ3n) is 1.92. The molecule has 0 aromatic heterocycles. The second-order valence-corrected chi connectivity index (χ2v) is 2.90. The fourth-order valence-electron chi connectivity index (χ4n) is 1.26. The van der Waals surface area contributed by atoms with Gasteiger partial charge in [-0.1, -0.05) is 18.2 Å². The van der Waals surface area contributed by atoms with E-state index in [4.69, 9.17) is 5.26 Å². The number of nitro benzene ring substituents is 1. The summed E-state index contributed by atoms with van der Waals surface area (Å²) in [7, 11) is 0. The predicted octanol–water partition coefficient (Wildman–Crippen LogP) is 2.44. The first kappa shape index (κ1) is 10.2. The van der Waals surface area contributed by atoms with Gasteiger partial charge in [-0.15, -0.1) is 0 Å². The summed E-state index contributed by atoms with van der Waals surface area (Å²) in [5, 5.41) is 18.9. The number of para-hydroxylation sites is 1. The lowest BCUT2D eigenvalue weighted by molar-refractivity contribution is -0.385. The zero-order valence-corrected chi connectivity index (χ0v) is 7.64. The molecule has 0 radical (unpaired) electrons. The Morgan fingerprint density at radius 3 is 2.79 bits per heavy atom. The van der Waals surface area contributed by atoms with Gasteiger partial charge in [-0.05, 0) is 12.8 Å². The monoisotopic (exact) mass is 190 g/mol. The lowest BCUT2D eigenvalue weighted by Gasteiger charge is -1.99. The molecule has 0 bridgehead atoms. The zero-order valence-electron chi connectivity index (χ0n) is 7.64. The van der Waals surface area contributed by atoms with Crippen molar-refractivity contribution < 1.29 is 4.92 Å². The molecule has 0 atom stereocenters. The summed E-state index contributed by atoms with van der Waals surface area (Å²) in [6.07, 6.45) is 1.69. The molecule has 0 heterocycles. The van der Waals surface area contributed by atoms with Crippen LogP contribution in [-0.2, 0) is 6.42 Å². The third-order valence-corrected chi connectivity index (χ3v) is 1.92. The number of nitriles is 1. The van der Waals surface area contributed by atoms with Crippen molar-refractivity contribution in [1.82, 2.24) is 0 Å². The number of nitro groups is 1. The largest absolute Gasteiger partial charge is 0.272 e. The summed E-state index contributed by atoms with van der Waals surface area (Å²) in [5.41, 5.74) is 0.846. The van der Waals surface area contributed by atoms with Crippen molar-refractivity contribution in [3.63, 3.8) is 0 Å². The number of rotatable bonds is 4. The Bertz CT molecular complexity index is 369. The number of hydrogen-bond donors (Lipinski definition) is 0. The van der Waals surface area contributed by atoms with Gasteiger partial charge in [0, 0.05) is 18.1 Å². The SMILES string of the molecule is N#CCCCc1ccccc1[N+](=O)[O-]. The molecule has 0 aliphatic rings. The van der Waals surface area contributed by atoms with Gasteiger partial charge in [-0.3, -0.25) is 10.1 Å². The molecule has 1 rings (SSSR count). The van der Waals surface area contributed by atoms with Crippen LogP contribution in [0.2, 0.25) is 0 Å². The molecular weight excluding hydrogens is 180 g/mol. The first-order chi connectivity index (χ1) is 6.75. The van der Waals surface area contributed by atoms with E-state index in [1.807, 2.05) is 6.07 Å². The molecule has 4 nitrogen and oxygen atoms in total. The Morgan fingerprint density at radius 1 is 1.43 bits per heavy atom. The van der Waals surface area contributed by atoms with Crippen LogP contribution in [0.3, 0.4) is 0 Å². The molecule has 0 aliphatic heterocycles. The van der Waals surface area contributed by atoms with Crippen LogP contribution in [-0.4, -0.2) is 4.92 Å². The number of hydrogen-bond acceptors (Lipinski definition) is 3. The van der Waals surface area contributed by atoms with E-state index in [9.17, 15) is 10.1 Å². The molecule has 0 spiro atoms. The average molecular weight is 190 g/mol. The normalized spacial score (nSPS) is 9.36.